The maximum Gasteiger partial charge on any atom is 0.0484 e. The average Bonchev–Trinajstić information content (AvgIpc) is 2.31. The Hall–Kier alpha value is -0.540. The first-order chi connectivity index (χ1) is 7.77. The summed E-state index contributed by atoms with van der Waals surface area (Å²) in [6.45, 7) is 8.91. The molecule has 0 aromatic heterocycles. The fourth-order valence-electron chi connectivity index (χ4n) is 1.67. The molecule has 0 bridgehead atoms. The number of benzene rings is 1. The highest BCUT2D eigenvalue weighted by Crippen LogP contribution is 2.20. The van der Waals surface area contributed by atoms with Gasteiger partial charge in [0.05, 0.1) is 0 Å². The summed E-state index contributed by atoms with van der Waals surface area (Å²) in [5, 5.41) is 3.44. The lowest BCUT2D eigenvalue weighted by Gasteiger charge is -2.18. The van der Waals surface area contributed by atoms with E-state index in [-0.39, 0.29) is 0 Å². The second-order valence-corrected chi connectivity index (χ2v) is 4.64. The summed E-state index contributed by atoms with van der Waals surface area (Å²) in [5.74, 6) is 0. The van der Waals surface area contributed by atoms with E-state index >= 15 is 0 Å². The highest BCUT2D eigenvalue weighted by Gasteiger charge is 1.99. The van der Waals surface area contributed by atoms with Crippen LogP contribution in [-0.2, 0) is 0 Å². The van der Waals surface area contributed by atoms with Gasteiger partial charge in [-0.1, -0.05) is 26.0 Å². The van der Waals surface area contributed by atoms with Crippen molar-refractivity contribution in [2.24, 2.45) is 0 Å². The van der Waals surface area contributed by atoms with Gasteiger partial charge < -0.3 is 10.2 Å². The maximum atomic E-state index is 3.53. The zero-order chi connectivity index (χ0) is 11.8. The molecule has 0 aliphatic carbocycles. The summed E-state index contributed by atoms with van der Waals surface area (Å²) in [6, 6.07) is 8.25. The van der Waals surface area contributed by atoms with Crippen LogP contribution in [0.2, 0.25) is 0 Å². The summed E-state index contributed by atoms with van der Waals surface area (Å²) in [4.78, 5) is 2.45. The Morgan fingerprint density at radius 1 is 1.19 bits per heavy atom. The molecule has 1 N–H and O–H groups in total. The Bertz CT molecular complexity index is 298. The fraction of sp³-hybridized carbons (Fsp3) is 0.538. The van der Waals surface area contributed by atoms with Gasteiger partial charge >= 0.3 is 0 Å². The van der Waals surface area contributed by atoms with Crippen LogP contribution in [0.4, 0.5) is 5.69 Å². The summed E-state index contributed by atoms with van der Waals surface area (Å²) in [6.07, 6.45) is 1.18. The van der Waals surface area contributed by atoms with Crippen LogP contribution >= 0.6 is 15.9 Å². The molecule has 0 atom stereocenters. The van der Waals surface area contributed by atoms with Crippen LogP contribution < -0.4 is 5.32 Å². The van der Waals surface area contributed by atoms with Gasteiger partial charge in [0.15, 0.2) is 0 Å². The molecule has 2 nitrogen and oxygen atoms in total. The normalized spacial score (nSPS) is 10.8. The van der Waals surface area contributed by atoms with E-state index in [9.17, 15) is 0 Å². The largest absolute Gasteiger partial charge is 0.384 e. The Balaban J connectivity index is 2.23. The molecular weight excluding hydrogens is 264 g/mol. The predicted octanol–water partition coefficient (Wildman–Crippen LogP) is 3.59. The van der Waals surface area contributed by atoms with E-state index in [4.69, 9.17) is 0 Å². The first-order valence-corrected chi connectivity index (χ1v) is 6.78. The van der Waals surface area contributed by atoms with Crippen molar-refractivity contribution in [2.75, 3.05) is 31.5 Å². The zero-order valence-corrected chi connectivity index (χ0v) is 11.8. The minimum Gasteiger partial charge on any atom is -0.384 e. The summed E-state index contributed by atoms with van der Waals surface area (Å²) < 4.78 is 1.14. The zero-order valence-electron chi connectivity index (χ0n) is 10.2. The molecule has 0 saturated heterocycles. The van der Waals surface area contributed by atoms with Gasteiger partial charge in [0.1, 0.15) is 0 Å². The van der Waals surface area contributed by atoms with Crippen LogP contribution in [0, 0.1) is 0 Å². The molecule has 0 spiro atoms. The highest BCUT2D eigenvalue weighted by molar-refractivity contribution is 9.10. The van der Waals surface area contributed by atoms with Crippen molar-refractivity contribution >= 4 is 21.6 Å². The third-order valence-corrected chi connectivity index (χ3v) is 3.43. The molecule has 1 rings (SSSR count). The Morgan fingerprint density at radius 2 is 1.88 bits per heavy atom. The number of halogens is 1. The molecule has 0 saturated carbocycles. The first-order valence-electron chi connectivity index (χ1n) is 5.98. The molecule has 0 heterocycles. The van der Waals surface area contributed by atoms with Gasteiger partial charge in [0.2, 0.25) is 0 Å². The number of hydrogen-bond acceptors (Lipinski definition) is 2. The topological polar surface area (TPSA) is 15.3 Å². The number of nitrogens with one attached hydrogen (secondary N) is 1. The lowest BCUT2D eigenvalue weighted by Crippen LogP contribution is -2.25. The minimum absolute atomic E-state index is 1.03. The lowest BCUT2D eigenvalue weighted by molar-refractivity contribution is 0.303. The van der Waals surface area contributed by atoms with Crippen molar-refractivity contribution in [2.45, 2.75) is 20.3 Å². The minimum atomic E-state index is 1.03. The summed E-state index contributed by atoms with van der Waals surface area (Å²) in [5.41, 5.74) is 1.18. The van der Waals surface area contributed by atoms with Crippen molar-refractivity contribution in [3.8, 4) is 0 Å². The van der Waals surface area contributed by atoms with E-state index < -0.39 is 0 Å². The van der Waals surface area contributed by atoms with E-state index in [1.54, 1.807) is 0 Å². The number of para-hydroxylation sites is 1. The fourth-order valence-corrected chi connectivity index (χ4v) is 2.10. The second-order valence-electron chi connectivity index (χ2n) is 3.79. The molecule has 1 aromatic rings. The molecule has 0 unspecified atom stereocenters. The SMILES string of the molecule is CCN(CC)CCCNc1ccccc1Br. The third kappa shape index (κ3) is 4.54. The van der Waals surface area contributed by atoms with E-state index in [0.29, 0.717) is 0 Å². The van der Waals surface area contributed by atoms with Gasteiger partial charge in [0.25, 0.3) is 0 Å². The van der Waals surface area contributed by atoms with Crippen LogP contribution in [-0.4, -0.2) is 31.1 Å². The van der Waals surface area contributed by atoms with E-state index in [2.05, 4.69) is 58.2 Å². The molecule has 16 heavy (non-hydrogen) atoms. The molecule has 0 aliphatic heterocycles. The molecule has 0 aliphatic rings. The molecule has 0 amide bonds. The molecule has 1 aromatic carbocycles. The number of anilines is 1. The van der Waals surface area contributed by atoms with Crippen molar-refractivity contribution in [1.82, 2.24) is 4.90 Å². The number of rotatable bonds is 7. The third-order valence-electron chi connectivity index (χ3n) is 2.73. The Labute approximate surface area is 107 Å². The van der Waals surface area contributed by atoms with Crippen molar-refractivity contribution in [3.63, 3.8) is 0 Å². The van der Waals surface area contributed by atoms with Gasteiger partial charge in [-0.15, -0.1) is 0 Å². The molecule has 90 valence electrons. The van der Waals surface area contributed by atoms with Crippen LogP contribution in [0.3, 0.4) is 0 Å². The number of hydrogen-bond donors (Lipinski definition) is 1. The highest BCUT2D eigenvalue weighted by atomic mass is 79.9. The molecular formula is C13H21BrN2. The van der Waals surface area contributed by atoms with Crippen LogP contribution in [0.1, 0.15) is 20.3 Å². The standard InChI is InChI=1S/C13H21BrN2/c1-3-16(4-2)11-7-10-15-13-9-6-5-8-12(13)14/h5-6,8-9,15H,3-4,7,10-11H2,1-2H3. The van der Waals surface area contributed by atoms with Crippen LogP contribution in [0.25, 0.3) is 0 Å². The van der Waals surface area contributed by atoms with Gasteiger partial charge in [0, 0.05) is 16.7 Å². The monoisotopic (exact) mass is 284 g/mol. The van der Waals surface area contributed by atoms with Crippen molar-refractivity contribution < 1.29 is 0 Å². The van der Waals surface area contributed by atoms with Gasteiger partial charge in [-0.3, -0.25) is 0 Å². The molecule has 0 radical (unpaired) electrons. The first kappa shape index (κ1) is 13.5. The lowest BCUT2D eigenvalue weighted by atomic mass is 10.3. The van der Waals surface area contributed by atoms with Crippen molar-refractivity contribution in [3.05, 3.63) is 28.7 Å². The van der Waals surface area contributed by atoms with E-state index in [0.717, 1.165) is 24.1 Å². The van der Waals surface area contributed by atoms with Gasteiger partial charge in [-0.25, -0.2) is 0 Å². The van der Waals surface area contributed by atoms with Crippen molar-refractivity contribution in [1.29, 1.82) is 0 Å². The van der Waals surface area contributed by atoms with E-state index in [1.807, 2.05) is 6.07 Å². The smallest absolute Gasteiger partial charge is 0.0484 e. The number of nitrogens with zero attached hydrogens (tertiary/aromatic N) is 1. The second kappa shape index (κ2) is 7.69. The Kier molecular flexibility index (Phi) is 6.50. The summed E-state index contributed by atoms with van der Waals surface area (Å²) >= 11 is 3.53. The predicted molar refractivity (Wildman–Crippen MR) is 75.0 cm³/mol. The molecule has 0 fully saturated rings. The quantitative estimate of drug-likeness (QED) is 0.770. The maximum absolute atomic E-state index is 3.53. The van der Waals surface area contributed by atoms with Crippen LogP contribution in [0.15, 0.2) is 28.7 Å². The van der Waals surface area contributed by atoms with Crippen LogP contribution in [0.5, 0.6) is 0 Å². The summed E-state index contributed by atoms with van der Waals surface area (Å²) in [7, 11) is 0. The molecule has 3 heteroatoms. The van der Waals surface area contributed by atoms with Gasteiger partial charge in [-0.2, -0.15) is 0 Å². The van der Waals surface area contributed by atoms with E-state index in [1.165, 1.54) is 18.7 Å². The van der Waals surface area contributed by atoms with Gasteiger partial charge in [-0.05, 0) is 54.1 Å². The average molecular weight is 285 g/mol. The Morgan fingerprint density at radius 3 is 2.50 bits per heavy atom.